The summed E-state index contributed by atoms with van der Waals surface area (Å²) in [7, 11) is 1.62. The molecular weight excluding hydrogens is 300 g/mol. The van der Waals surface area contributed by atoms with Gasteiger partial charge in [-0.2, -0.15) is 9.47 Å². The highest BCUT2D eigenvalue weighted by Crippen LogP contribution is 2.27. The second kappa shape index (κ2) is 6.43. The van der Waals surface area contributed by atoms with Crippen molar-refractivity contribution < 1.29 is 4.79 Å². The Morgan fingerprint density at radius 2 is 2.41 bits per heavy atom. The molecule has 8 heteroatoms. The molecule has 118 valence electrons. The fourth-order valence-electron chi connectivity index (χ4n) is 2.65. The molecule has 0 spiro atoms. The molecule has 1 atom stereocenters. The maximum atomic E-state index is 11.6. The molecule has 3 rings (SSSR count). The molecule has 0 radical (unpaired) electrons. The van der Waals surface area contributed by atoms with Crippen molar-refractivity contribution in [1.82, 2.24) is 24.5 Å². The maximum Gasteiger partial charge on any atom is 0.271 e. The first-order valence-electron chi connectivity index (χ1n) is 7.56. The number of carbonyl (C=O) groups is 1. The molecule has 1 unspecified atom stereocenters. The SMILES string of the molecule is CCc1nsc(N2CCCC(n3ccc(C(=O)NC)n3)C2)n1. The fourth-order valence-corrected chi connectivity index (χ4v) is 3.44. The van der Waals surface area contributed by atoms with Crippen molar-refractivity contribution in [2.75, 3.05) is 25.0 Å². The van der Waals surface area contributed by atoms with E-state index in [2.05, 4.69) is 31.6 Å². The zero-order chi connectivity index (χ0) is 15.5. The van der Waals surface area contributed by atoms with E-state index in [0.29, 0.717) is 5.69 Å². The van der Waals surface area contributed by atoms with Gasteiger partial charge in [0.2, 0.25) is 5.13 Å². The molecule has 0 aliphatic carbocycles. The molecule has 7 nitrogen and oxygen atoms in total. The predicted octanol–water partition coefficient (Wildman–Crippen LogP) is 1.50. The topological polar surface area (TPSA) is 75.9 Å². The van der Waals surface area contributed by atoms with Crippen molar-refractivity contribution in [3.63, 3.8) is 0 Å². The molecule has 1 aliphatic rings. The minimum atomic E-state index is -0.150. The van der Waals surface area contributed by atoms with Gasteiger partial charge in [0.15, 0.2) is 0 Å². The van der Waals surface area contributed by atoms with Crippen LogP contribution in [-0.2, 0) is 6.42 Å². The molecule has 1 N–H and O–H groups in total. The summed E-state index contributed by atoms with van der Waals surface area (Å²) in [4.78, 5) is 18.5. The third-order valence-corrected chi connectivity index (χ3v) is 4.70. The molecule has 22 heavy (non-hydrogen) atoms. The normalized spacial score (nSPS) is 18.5. The summed E-state index contributed by atoms with van der Waals surface area (Å²) in [5.74, 6) is 0.756. The number of rotatable bonds is 4. The van der Waals surface area contributed by atoms with E-state index >= 15 is 0 Å². The van der Waals surface area contributed by atoms with Gasteiger partial charge in [0.1, 0.15) is 11.5 Å². The predicted molar refractivity (Wildman–Crippen MR) is 85.4 cm³/mol. The van der Waals surface area contributed by atoms with Gasteiger partial charge in [0.05, 0.1) is 6.04 Å². The second-order valence-electron chi connectivity index (χ2n) is 5.35. The lowest BCUT2D eigenvalue weighted by Gasteiger charge is -2.32. The summed E-state index contributed by atoms with van der Waals surface area (Å²) >= 11 is 1.46. The summed E-state index contributed by atoms with van der Waals surface area (Å²) in [5.41, 5.74) is 0.462. The maximum absolute atomic E-state index is 11.6. The fraction of sp³-hybridized carbons (Fsp3) is 0.571. The Balaban J connectivity index is 1.72. The van der Waals surface area contributed by atoms with Crippen LogP contribution in [0.4, 0.5) is 5.13 Å². The molecule has 0 saturated carbocycles. The van der Waals surface area contributed by atoms with Crippen molar-refractivity contribution in [3.8, 4) is 0 Å². The first-order valence-corrected chi connectivity index (χ1v) is 8.33. The first kappa shape index (κ1) is 15.0. The number of aromatic nitrogens is 4. The van der Waals surface area contributed by atoms with Crippen LogP contribution in [0, 0.1) is 0 Å². The first-order chi connectivity index (χ1) is 10.7. The lowest BCUT2D eigenvalue weighted by atomic mass is 10.1. The van der Waals surface area contributed by atoms with Gasteiger partial charge in [-0.3, -0.25) is 9.48 Å². The highest BCUT2D eigenvalue weighted by Gasteiger charge is 2.24. The van der Waals surface area contributed by atoms with Gasteiger partial charge in [-0.15, -0.1) is 0 Å². The van der Waals surface area contributed by atoms with E-state index in [1.54, 1.807) is 13.1 Å². The van der Waals surface area contributed by atoms with Crippen molar-refractivity contribution >= 4 is 22.6 Å². The third kappa shape index (κ3) is 2.96. The monoisotopic (exact) mass is 320 g/mol. The summed E-state index contributed by atoms with van der Waals surface area (Å²) in [5, 5.41) is 7.99. The minimum Gasteiger partial charge on any atom is -0.354 e. The van der Waals surface area contributed by atoms with Gasteiger partial charge in [-0.25, -0.2) is 4.98 Å². The Morgan fingerprint density at radius 3 is 3.14 bits per heavy atom. The summed E-state index contributed by atoms with van der Waals surface area (Å²) in [6.45, 7) is 3.92. The average Bonchev–Trinajstić information content (AvgIpc) is 3.23. The molecule has 1 amide bonds. The number of piperidine rings is 1. The molecule has 0 bridgehead atoms. The summed E-state index contributed by atoms with van der Waals surface area (Å²) in [6.07, 6.45) is 4.89. The van der Waals surface area contributed by atoms with Crippen LogP contribution in [0.1, 0.15) is 42.1 Å². The number of hydrogen-bond donors (Lipinski definition) is 1. The average molecular weight is 320 g/mol. The van der Waals surface area contributed by atoms with Gasteiger partial charge in [0.25, 0.3) is 5.91 Å². The molecule has 0 aromatic carbocycles. The van der Waals surface area contributed by atoms with Gasteiger partial charge in [-0.1, -0.05) is 6.92 Å². The molecule has 3 heterocycles. The highest BCUT2D eigenvalue weighted by molar-refractivity contribution is 7.09. The van der Waals surface area contributed by atoms with Crippen LogP contribution >= 0.6 is 11.5 Å². The van der Waals surface area contributed by atoms with E-state index in [-0.39, 0.29) is 11.9 Å². The van der Waals surface area contributed by atoms with Gasteiger partial charge in [-0.05, 0) is 18.9 Å². The van der Waals surface area contributed by atoms with Crippen LogP contribution in [-0.4, -0.2) is 45.2 Å². The van der Waals surface area contributed by atoms with Gasteiger partial charge >= 0.3 is 0 Å². The Bertz CT molecular complexity index is 651. The number of amides is 1. The highest BCUT2D eigenvalue weighted by atomic mass is 32.1. The lowest BCUT2D eigenvalue weighted by Crippen LogP contribution is -2.37. The zero-order valence-corrected chi connectivity index (χ0v) is 13.6. The number of nitrogens with zero attached hydrogens (tertiary/aromatic N) is 5. The van der Waals surface area contributed by atoms with Crippen LogP contribution in [0.3, 0.4) is 0 Å². The Hall–Kier alpha value is -1.96. The Labute approximate surface area is 133 Å². The van der Waals surface area contributed by atoms with E-state index in [1.807, 2.05) is 10.9 Å². The number of nitrogens with one attached hydrogen (secondary N) is 1. The largest absolute Gasteiger partial charge is 0.354 e. The van der Waals surface area contributed by atoms with Crippen molar-refractivity contribution in [3.05, 3.63) is 23.8 Å². The number of carbonyl (C=O) groups excluding carboxylic acids is 1. The van der Waals surface area contributed by atoms with Crippen molar-refractivity contribution in [2.24, 2.45) is 0 Å². The van der Waals surface area contributed by atoms with Crippen molar-refractivity contribution in [2.45, 2.75) is 32.2 Å². The Kier molecular flexibility index (Phi) is 4.37. The van der Waals surface area contributed by atoms with Crippen LogP contribution in [0.2, 0.25) is 0 Å². The standard InChI is InChI=1S/C14H20N6OS/c1-3-12-16-14(22-18-12)19-7-4-5-10(9-19)20-8-6-11(17-20)13(21)15-2/h6,8,10H,3-5,7,9H2,1-2H3,(H,15,21). The van der Waals surface area contributed by atoms with Crippen LogP contribution in [0.25, 0.3) is 0 Å². The second-order valence-corrected chi connectivity index (χ2v) is 6.08. The number of aryl methyl sites for hydroxylation is 1. The molecule has 2 aromatic rings. The van der Waals surface area contributed by atoms with E-state index in [1.165, 1.54) is 11.5 Å². The molecule has 1 aliphatic heterocycles. The van der Waals surface area contributed by atoms with E-state index in [0.717, 1.165) is 43.3 Å². The molecule has 1 saturated heterocycles. The molecule has 1 fully saturated rings. The van der Waals surface area contributed by atoms with Crippen LogP contribution < -0.4 is 10.2 Å². The number of hydrogen-bond acceptors (Lipinski definition) is 6. The van der Waals surface area contributed by atoms with Crippen LogP contribution in [0.5, 0.6) is 0 Å². The van der Waals surface area contributed by atoms with Gasteiger partial charge in [0, 0.05) is 44.3 Å². The lowest BCUT2D eigenvalue weighted by molar-refractivity contribution is 0.0957. The Morgan fingerprint density at radius 1 is 1.55 bits per heavy atom. The van der Waals surface area contributed by atoms with Crippen molar-refractivity contribution in [1.29, 1.82) is 0 Å². The summed E-state index contributed by atoms with van der Waals surface area (Å²) < 4.78 is 6.26. The van der Waals surface area contributed by atoms with E-state index in [4.69, 9.17) is 0 Å². The quantitative estimate of drug-likeness (QED) is 0.924. The van der Waals surface area contributed by atoms with Crippen LogP contribution in [0.15, 0.2) is 12.3 Å². The third-order valence-electron chi connectivity index (χ3n) is 3.88. The van der Waals surface area contributed by atoms with E-state index < -0.39 is 0 Å². The number of anilines is 1. The summed E-state index contributed by atoms with van der Waals surface area (Å²) in [6, 6.07) is 2.03. The molecular formula is C14H20N6OS. The molecule has 2 aromatic heterocycles. The van der Waals surface area contributed by atoms with Gasteiger partial charge < -0.3 is 10.2 Å². The van der Waals surface area contributed by atoms with E-state index in [9.17, 15) is 4.79 Å². The smallest absolute Gasteiger partial charge is 0.271 e. The zero-order valence-electron chi connectivity index (χ0n) is 12.8. The minimum absolute atomic E-state index is 0.150.